The van der Waals surface area contributed by atoms with Gasteiger partial charge in [-0.1, -0.05) is 48.5 Å². The fourth-order valence-corrected chi connectivity index (χ4v) is 3.27. The van der Waals surface area contributed by atoms with Crippen molar-refractivity contribution in [3.8, 4) is 22.7 Å². The third-order valence-corrected chi connectivity index (χ3v) is 4.99. The van der Waals surface area contributed by atoms with E-state index in [9.17, 15) is 9.59 Å². The molecule has 166 valence electrons. The molecule has 7 nitrogen and oxygen atoms in total. The summed E-state index contributed by atoms with van der Waals surface area (Å²) in [5.74, 6) is -0.254. The summed E-state index contributed by atoms with van der Waals surface area (Å²) in [6.07, 6.45) is 1.85. The molecule has 0 aliphatic rings. The van der Waals surface area contributed by atoms with Crippen molar-refractivity contribution in [3.63, 3.8) is 0 Å². The number of esters is 1. The van der Waals surface area contributed by atoms with E-state index < -0.39 is 5.97 Å². The van der Waals surface area contributed by atoms with E-state index in [1.807, 2.05) is 66.9 Å². The number of hydrogen-bond acceptors (Lipinski definition) is 5. The average Bonchev–Trinajstić information content (AvgIpc) is 3.31. The highest BCUT2D eigenvalue weighted by Crippen LogP contribution is 2.24. The molecule has 0 aliphatic heterocycles. The molecule has 7 heteroatoms. The molecule has 0 saturated carbocycles. The quantitative estimate of drug-likeness (QED) is 0.418. The highest BCUT2D eigenvalue weighted by molar-refractivity contribution is 5.96. The molecule has 33 heavy (non-hydrogen) atoms. The minimum Gasteiger partial charge on any atom is -0.497 e. The number of hydrogen-bond donors (Lipinski definition) is 1. The van der Waals surface area contributed by atoms with Crippen molar-refractivity contribution in [1.29, 1.82) is 0 Å². The van der Waals surface area contributed by atoms with Gasteiger partial charge in [0, 0.05) is 22.9 Å². The Morgan fingerprint density at radius 3 is 2.24 bits per heavy atom. The summed E-state index contributed by atoms with van der Waals surface area (Å²) in [5.41, 5.74) is 3.75. The second-order valence-corrected chi connectivity index (χ2v) is 7.22. The van der Waals surface area contributed by atoms with Gasteiger partial charge in [-0.2, -0.15) is 5.10 Å². The van der Waals surface area contributed by atoms with Gasteiger partial charge >= 0.3 is 5.97 Å². The number of benzene rings is 3. The zero-order chi connectivity index (χ0) is 23.0. The maximum atomic E-state index is 12.3. The monoisotopic (exact) mass is 441 g/mol. The van der Waals surface area contributed by atoms with Crippen molar-refractivity contribution < 1.29 is 19.1 Å². The largest absolute Gasteiger partial charge is 0.497 e. The van der Waals surface area contributed by atoms with E-state index in [4.69, 9.17) is 14.6 Å². The second kappa shape index (κ2) is 10.3. The van der Waals surface area contributed by atoms with Crippen LogP contribution in [-0.2, 0) is 16.1 Å². The highest BCUT2D eigenvalue weighted by atomic mass is 16.5. The van der Waals surface area contributed by atoms with Crippen molar-refractivity contribution in [2.24, 2.45) is 0 Å². The second-order valence-electron chi connectivity index (χ2n) is 7.22. The summed E-state index contributed by atoms with van der Waals surface area (Å²) in [6, 6.07) is 26.0. The van der Waals surface area contributed by atoms with E-state index in [2.05, 4.69) is 5.32 Å². The van der Waals surface area contributed by atoms with Crippen LogP contribution in [0.3, 0.4) is 0 Å². The minimum absolute atomic E-state index is 0.0360. The van der Waals surface area contributed by atoms with E-state index in [0.717, 1.165) is 22.5 Å². The zero-order valence-electron chi connectivity index (χ0n) is 18.1. The van der Waals surface area contributed by atoms with Crippen LogP contribution in [0.1, 0.15) is 15.9 Å². The van der Waals surface area contributed by atoms with Gasteiger partial charge in [-0.25, -0.2) is 4.68 Å². The Balaban J connectivity index is 1.42. The van der Waals surface area contributed by atoms with Crippen LogP contribution in [0.15, 0.2) is 91.1 Å². The van der Waals surface area contributed by atoms with Gasteiger partial charge in [-0.3, -0.25) is 9.59 Å². The summed E-state index contributed by atoms with van der Waals surface area (Å²) in [5, 5.41) is 7.28. The van der Waals surface area contributed by atoms with Gasteiger partial charge in [0.1, 0.15) is 18.9 Å². The number of nitrogens with zero attached hydrogens (tertiary/aromatic N) is 2. The summed E-state index contributed by atoms with van der Waals surface area (Å²) in [6.45, 7) is -0.202. The molecule has 0 spiro atoms. The number of carbonyl (C=O) groups is 2. The van der Waals surface area contributed by atoms with Crippen molar-refractivity contribution in [3.05, 3.63) is 102 Å². The van der Waals surface area contributed by atoms with Crippen LogP contribution >= 0.6 is 0 Å². The van der Waals surface area contributed by atoms with E-state index in [0.29, 0.717) is 11.3 Å². The Kier molecular flexibility index (Phi) is 6.80. The number of amides is 1. The van der Waals surface area contributed by atoms with Crippen LogP contribution in [0.4, 0.5) is 0 Å². The van der Waals surface area contributed by atoms with Gasteiger partial charge in [-0.15, -0.1) is 0 Å². The molecule has 0 bridgehead atoms. The van der Waals surface area contributed by atoms with Gasteiger partial charge in [0.2, 0.25) is 0 Å². The molecule has 0 fully saturated rings. The van der Waals surface area contributed by atoms with Crippen molar-refractivity contribution in [1.82, 2.24) is 15.1 Å². The molecular weight excluding hydrogens is 418 g/mol. The molecule has 1 heterocycles. The number of methoxy groups -OCH3 is 1. The predicted octanol–water partition coefficient (Wildman–Crippen LogP) is 4.02. The van der Waals surface area contributed by atoms with Crippen molar-refractivity contribution in [2.75, 3.05) is 13.7 Å². The summed E-state index contributed by atoms with van der Waals surface area (Å²) >= 11 is 0. The highest BCUT2D eigenvalue weighted by Gasteiger charge is 2.15. The fraction of sp³-hybridized carbons (Fsp3) is 0.115. The lowest BCUT2D eigenvalue weighted by atomic mass is 10.1. The fourth-order valence-electron chi connectivity index (χ4n) is 3.27. The standard InChI is InChI=1S/C26H23N3O4/c1-32-23-14-12-20(13-15-23)26(31)27-16-24(30)33-18-21-17-29(22-10-6-3-7-11-22)28-25(21)19-8-4-2-5-9-19/h2-15,17H,16,18H2,1H3,(H,27,31). The molecule has 0 radical (unpaired) electrons. The number of nitrogens with one attached hydrogen (secondary N) is 1. The maximum absolute atomic E-state index is 12.3. The molecule has 0 aliphatic carbocycles. The normalized spacial score (nSPS) is 10.5. The van der Waals surface area contributed by atoms with Gasteiger partial charge < -0.3 is 14.8 Å². The molecule has 1 aromatic heterocycles. The van der Waals surface area contributed by atoms with Crippen molar-refractivity contribution in [2.45, 2.75) is 6.61 Å². The van der Waals surface area contributed by atoms with Crippen LogP contribution in [0.25, 0.3) is 16.9 Å². The zero-order valence-corrected chi connectivity index (χ0v) is 18.1. The van der Waals surface area contributed by atoms with Crippen LogP contribution in [0, 0.1) is 0 Å². The molecule has 0 atom stereocenters. The molecule has 0 saturated heterocycles. The maximum Gasteiger partial charge on any atom is 0.325 e. The number of ether oxygens (including phenoxy) is 2. The first-order valence-corrected chi connectivity index (χ1v) is 10.4. The Morgan fingerprint density at radius 2 is 1.58 bits per heavy atom. The first kappa shape index (κ1) is 21.8. The third kappa shape index (κ3) is 5.46. The lowest BCUT2D eigenvalue weighted by Crippen LogP contribution is -2.30. The summed E-state index contributed by atoms with van der Waals surface area (Å²) in [7, 11) is 1.55. The molecular formula is C26H23N3O4. The summed E-state index contributed by atoms with van der Waals surface area (Å²) < 4.78 is 12.3. The Hall–Kier alpha value is -4.39. The van der Waals surface area contributed by atoms with E-state index in [1.165, 1.54) is 0 Å². The van der Waals surface area contributed by atoms with Crippen LogP contribution in [0.2, 0.25) is 0 Å². The topological polar surface area (TPSA) is 82.5 Å². The minimum atomic E-state index is -0.539. The van der Waals surface area contributed by atoms with Crippen LogP contribution < -0.4 is 10.1 Å². The number of carbonyl (C=O) groups excluding carboxylic acids is 2. The number of para-hydroxylation sites is 1. The summed E-state index contributed by atoms with van der Waals surface area (Å²) in [4.78, 5) is 24.5. The number of rotatable bonds is 8. The Labute approximate surface area is 191 Å². The molecule has 0 unspecified atom stereocenters. The van der Waals surface area contributed by atoms with Crippen LogP contribution in [-0.4, -0.2) is 35.3 Å². The van der Waals surface area contributed by atoms with Crippen LogP contribution in [0.5, 0.6) is 5.75 Å². The first-order valence-electron chi connectivity index (χ1n) is 10.4. The Bertz CT molecular complexity index is 1220. The SMILES string of the molecule is COc1ccc(C(=O)NCC(=O)OCc2cn(-c3ccccc3)nc2-c2ccccc2)cc1. The van der Waals surface area contributed by atoms with E-state index in [-0.39, 0.29) is 19.1 Å². The number of aromatic nitrogens is 2. The van der Waals surface area contributed by atoms with Gasteiger partial charge in [-0.05, 0) is 36.4 Å². The van der Waals surface area contributed by atoms with Gasteiger partial charge in [0.25, 0.3) is 5.91 Å². The molecule has 3 aromatic carbocycles. The molecule has 4 aromatic rings. The lowest BCUT2D eigenvalue weighted by molar-refractivity contribution is -0.143. The van der Waals surface area contributed by atoms with E-state index in [1.54, 1.807) is 36.1 Å². The predicted molar refractivity (Wildman–Crippen MR) is 124 cm³/mol. The molecule has 1 N–H and O–H groups in total. The molecule has 1 amide bonds. The lowest BCUT2D eigenvalue weighted by Gasteiger charge is -2.07. The Morgan fingerprint density at radius 1 is 0.909 bits per heavy atom. The van der Waals surface area contributed by atoms with Gasteiger partial charge in [0.05, 0.1) is 18.5 Å². The first-order chi connectivity index (χ1) is 16.1. The van der Waals surface area contributed by atoms with Gasteiger partial charge in [0.15, 0.2) is 0 Å². The van der Waals surface area contributed by atoms with E-state index >= 15 is 0 Å². The van der Waals surface area contributed by atoms with Crippen molar-refractivity contribution >= 4 is 11.9 Å². The molecule has 4 rings (SSSR count). The average molecular weight is 441 g/mol. The smallest absolute Gasteiger partial charge is 0.325 e. The third-order valence-electron chi connectivity index (χ3n) is 4.99.